The van der Waals surface area contributed by atoms with Crippen LogP contribution in [0.2, 0.25) is 0 Å². The smallest absolute Gasteiger partial charge is 0.270 e. The van der Waals surface area contributed by atoms with E-state index in [2.05, 4.69) is 6.07 Å². The second-order valence-corrected chi connectivity index (χ2v) is 4.58. The number of nitrogens with two attached hydrogens (primary N) is 1. The predicted molar refractivity (Wildman–Crippen MR) is 80.9 cm³/mol. The Bertz CT molecular complexity index is 759. The molecule has 0 aromatic heterocycles. The van der Waals surface area contributed by atoms with Crippen molar-refractivity contribution in [2.45, 2.75) is 6.92 Å². The van der Waals surface area contributed by atoms with Crippen molar-refractivity contribution >= 4 is 17.0 Å². The summed E-state index contributed by atoms with van der Waals surface area (Å²) in [4.78, 5) is 10.4. The molecule has 0 saturated carbocycles. The average Bonchev–Trinajstić information content (AvgIpc) is 2.48. The minimum Gasteiger partial charge on any atom is -0.397 e. The molecular weight excluding hydrogens is 266 g/mol. The summed E-state index contributed by atoms with van der Waals surface area (Å²) in [7, 11) is 0. The SMILES string of the molecule is Cc1cc(/C(N)=C(/C#N)c2ccccc2)cc([N+](=O)[O-])c1. The van der Waals surface area contributed by atoms with Gasteiger partial charge < -0.3 is 5.73 Å². The van der Waals surface area contributed by atoms with Crippen molar-refractivity contribution in [3.8, 4) is 6.07 Å². The Morgan fingerprint density at radius 1 is 1.19 bits per heavy atom. The third-order valence-corrected chi connectivity index (χ3v) is 3.03. The van der Waals surface area contributed by atoms with Crippen LogP contribution in [0.1, 0.15) is 16.7 Å². The van der Waals surface area contributed by atoms with E-state index in [-0.39, 0.29) is 11.4 Å². The summed E-state index contributed by atoms with van der Waals surface area (Å²) >= 11 is 0. The fraction of sp³-hybridized carbons (Fsp3) is 0.0625. The number of nitro benzene ring substituents is 1. The van der Waals surface area contributed by atoms with Crippen molar-refractivity contribution in [2.75, 3.05) is 0 Å². The van der Waals surface area contributed by atoms with Crippen molar-refractivity contribution < 1.29 is 4.92 Å². The number of nitriles is 1. The molecule has 5 nitrogen and oxygen atoms in total. The van der Waals surface area contributed by atoms with Crippen LogP contribution in [0.15, 0.2) is 48.5 Å². The van der Waals surface area contributed by atoms with Crippen molar-refractivity contribution in [1.82, 2.24) is 0 Å². The van der Waals surface area contributed by atoms with E-state index in [9.17, 15) is 15.4 Å². The van der Waals surface area contributed by atoms with Crippen LogP contribution in [0.3, 0.4) is 0 Å². The molecule has 2 aromatic carbocycles. The summed E-state index contributed by atoms with van der Waals surface area (Å²) in [6.07, 6.45) is 0. The normalized spacial score (nSPS) is 11.4. The van der Waals surface area contributed by atoms with Crippen LogP contribution in [-0.2, 0) is 0 Å². The summed E-state index contributed by atoms with van der Waals surface area (Å²) < 4.78 is 0. The Hall–Kier alpha value is -3.13. The Balaban J connectivity index is 2.61. The maximum atomic E-state index is 10.9. The van der Waals surface area contributed by atoms with E-state index in [0.717, 1.165) is 0 Å². The second-order valence-electron chi connectivity index (χ2n) is 4.58. The first-order chi connectivity index (χ1) is 10.0. The van der Waals surface area contributed by atoms with Gasteiger partial charge in [0.2, 0.25) is 0 Å². The average molecular weight is 279 g/mol. The lowest BCUT2D eigenvalue weighted by atomic mass is 9.99. The van der Waals surface area contributed by atoms with Gasteiger partial charge in [-0.25, -0.2) is 0 Å². The van der Waals surface area contributed by atoms with Gasteiger partial charge in [0, 0.05) is 17.7 Å². The Morgan fingerprint density at radius 2 is 1.86 bits per heavy atom. The monoisotopic (exact) mass is 279 g/mol. The molecule has 2 N–H and O–H groups in total. The van der Waals surface area contributed by atoms with Gasteiger partial charge >= 0.3 is 0 Å². The lowest BCUT2D eigenvalue weighted by molar-refractivity contribution is -0.384. The Labute approximate surface area is 122 Å². The predicted octanol–water partition coefficient (Wildman–Crippen LogP) is 3.25. The van der Waals surface area contributed by atoms with E-state index in [0.29, 0.717) is 22.3 Å². The van der Waals surface area contributed by atoms with Gasteiger partial charge in [-0.2, -0.15) is 5.26 Å². The van der Waals surface area contributed by atoms with Gasteiger partial charge in [-0.05, 0) is 24.1 Å². The molecule has 2 rings (SSSR count). The molecule has 0 bridgehead atoms. The van der Waals surface area contributed by atoms with E-state index in [1.54, 1.807) is 37.3 Å². The van der Waals surface area contributed by atoms with Gasteiger partial charge in [-0.15, -0.1) is 0 Å². The molecule has 0 spiro atoms. The van der Waals surface area contributed by atoms with E-state index in [1.165, 1.54) is 12.1 Å². The van der Waals surface area contributed by atoms with Crippen LogP contribution in [0.25, 0.3) is 11.3 Å². The number of benzene rings is 2. The molecule has 0 aliphatic heterocycles. The number of aryl methyl sites for hydroxylation is 1. The summed E-state index contributed by atoms with van der Waals surface area (Å²) in [6.45, 7) is 1.75. The quantitative estimate of drug-likeness (QED) is 0.404. The van der Waals surface area contributed by atoms with E-state index >= 15 is 0 Å². The highest BCUT2D eigenvalue weighted by atomic mass is 16.6. The molecule has 0 radical (unpaired) electrons. The van der Waals surface area contributed by atoms with Gasteiger partial charge in [0.1, 0.15) is 6.07 Å². The van der Waals surface area contributed by atoms with Gasteiger partial charge in [0.05, 0.1) is 16.2 Å². The summed E-state index contributed by atoms with van der Waals surface area (Å²) in [5, 5.41) is 20.3. The van der Waals surface area contributed by atoms with Gasteiger partial charge in [0.25, 0.3) is 5.69 Å². The van der Waals surface area contributed by atoms with Crippen LogP contribution in [-0.4, -0.2) is 4.92 Å². The molecule has 104 valence electrons. The van der Waals surface area contributed by atoms with Crippen LogP contribution < -0.4 is 5.73 Å². The van der Waals surface area contributed by atoms with Crippen molar-refractivity contribution in [3.05, 3.63) is 75.3 Å². The van der Waals surface area contributed by atoms with Crippen LogP contribution in [0.5, 0.6) is 0 Å². The van der Waals surface area contributed by atoms with Crippen molar-refractivity contribution in [3.63, 3.8) is 0 Å². The molecule has 5 heteroatoms. The Kier molecular flexibility index (Phi) is 4.00. The fourth-order valence-corrected chi connectivity index (χ4v) is 2.05. The second kappa shape index (κ2) is 5.88. The first-order valence-corrected chi connectivity index (χ1v) is 6.24. The first kappa shape index (κ1) is 14.3. The number of nitro groups is 1. The zero-order chi connectivity index (χ0) is 15.4. The lowest BCUT2D eigenvalue weighted by Gasteiger charge is -2.07. The summed E-state index contributed by atoms with van der Waals surface area (Å²) in [5.41, 5.74) is 8.42. The van der Waals surface area contributed by atoms with E-state index < -0.39 is 4.92 Å². The minimum absolute atomic E-state index is 0.0432. The highest BCUT2D eigenvalue weighted by molar-refractivity contribution is 5.96. The van der Waals surface area contributed by atoms with Gasteiger partial charge in [-0.3, -0.25) is 10.1 Å². The number of rotatable bonds is 3. The number of non-ortho nitro benzene ring substituents is 1. The minimum atomic E-state index is -0.474. The van der Waals surface area contributed by atoms with Gasteiger partial charge in [-0.1, -0.05) is 30.3 Å². The number of hydrogen-bond donors (Lipinski definition) is 1. The molecule has 0 saturated heterocycles. The highest BCUT2D eigenvalue weighted by Crippen LogP contribution is 2.26. The van der Waals surface area contributed by atoms with E-state index in [4.69, 9.17) is 5.73 Å². The van der Waals surface area contributed by atoms with Crippen molar-refractivity contribution in [1.29, 1.82) is 5.26 Å². The lowest BCUT2D eigenvalue weighted by Crippen LogP contribution is -2.02. The largest absolute Gasteiger partial charge is 0.397 e. The zero-order valence-electron chi connectivity index (χ0n) is 11.4. The van der Waals surface area contributed by atoms with Gasteiger partial charge in [0.15, 0.2) is 0 Å². The summed E-state index contributed by atoms with van der Waals surface area (Å²) in [5.74, 6) is 0. The first-order valence-electron chi connectivity index (χ1n) is 6.24. The number of nitrogens with zero attached hydrogens (tertiary/aromatic N) is 2. The molecular formula is C16H13N3O2. The molecule has 0 aliphatic rings. The molecule has 2 aromatic rings. The standard InChI is InChI=1S/C16H13N3O2/c1-11-7-13(9-14(8-11)19(20)21)16(18)15(10-17)12-5-3-2-4-6-12/h2-9H,18H2,1H3/b16-15+. The van der Waals surface area contributed by atoms with Crippen LogP contribution >= 0.6 is 0 Å². The third-order valence-electron chi connectivity index (χ3n) is 3.03. The molecule has 0 heterocycles. The molecule has 0 fully saturated rings. The highest BCUT2D eigenvalue weighted by Gasteiger charge is 2.13. The maximum Gasteiger partial charge on any atom is 0.270 e. The van der Waals surface area contributed by atoms with Crippen molar-refractivity contribution in [2.24, 2.45) is 5.73 Å². The number of hydrogen-bond acceptors (Lipinski definition) is 4. The molecule has 0 unspecified atom stereocenters. The summed E-state index contributed by atoms with van der Waals surface area (Å²) in [6, 6.07) is 15.6. The fourth-order valence-electron chi connectivity index (χ4n) is 2.05. The zero-order valence-corrected chi connectivity index (χ0v) is 11.4. The third kappa shape index (κ3) is 3.07. The van der Waals surface area contributed by atoms with Crippen LogP contribution in [0, 0.1) is 28.4 Å². The number of allylic oxidation sites excluding steroid dienone is 1. The molecule has 21 heavy (non-hydrogen) atoms. The Morgan fingerprint density at radius 3 is 2.43 bits per heavy atom. The topological polar surface area (TPSA) is 93.0 Å². The maximum absolute atomic E-state index is 10.9. The van der Waals surface area contributed by atoms with Crippen LogP contribution in [0.4, 0.5) is 5.69 Å². The molecule has 0 atom stereocenters. The van der Waals surface area contributed by atoms with E-state index in [1.807, 2.05) is 6.07 Å². The molecule has 0 aliphatic carbocycles. The molecule has 0 amide bonds.